The molecule has 22 heavy (non-hydrogen) atoms. The van der Waals surface area contributed by atoms with Crippen LogP contribution in [0, 0.1) is 29.1 Å². The van der Waals surface area contributed by atoms with E-state index >= 15 is 0 Å². The first-order chi connectivity index (χ1) is 10.2. The maximum absolute atomic E-state index is 12.1. The van der Waals surface area contributed by atoms with Gasteiger partial charge in [-0.3, -0.25) is 9.59 Å². The van der Waals surface area contributed by atoms with Crippen molar-refractivity contribution in [3.8, 4) is 0 Å². The van der Waals surface area contributed by atoms with Crippen LogP contribution < -0.4 is 0 Å². The molecule has 3 unspecified atom stereocenters. The highest BCUT2D eigenvalue weighted by molar-refractivity contribution is 5.78. The lowest BCUT2D eigenvalue weighted by molar-refractivity contribution is -0.164. The smallest absolute Gasteiger partial charge is 0.309 e. The molecule has 2 N–H and O–H groups in total. The topological polar surface area (TPSA) is 74.6 Å². The van der Waals surface area contributed by atoms with Crippen molar-refractivity contribution < 1.29 is 19.8 Å². The Morgan fingerprint density at radius 3 is 2.14 bits per heavy atom. The van der Waals surface area contributed by atoms with Crippen LogP contribution in [0.4, 0.5) is 0 Å². The zero-order valence-corrected chi connectivity index (χ0v) is 14.5. The molecule has 1 rings (SSSR count). The lowest BCUT2D eigenvalue weighted by Crippen LogP contribution is -2.47. The molecular formula is C18H32O4. The molecule has 0 bridgehead atoms. The number of aliphatic carboxylic acids is 2. The monoisotopic (exact) mass is 312 g/mol. The van der Waals surface area contributed by atoms with Crippen LogP contribution in [0.3, 0.4) is 0 Å². The molecule has 1 aliphatic rings. The number of rotatable bonds is 8. The van der Waals surface area contributed by atoms with Crippen molar-refractivity contribution in [1.29, 1.82) is 0 Å². The van der Waals surface area contributed by atoms with Gasteiger partial charge in [-0.2, -0.15) is 0 Å². The van der Waals surface area contributed by atoms with Crippen LogP contribution >= 0.6 is 0 Å². The van der Waals surface area contributed by atoms with E-state index in [9.17, 15) is 19.8 Å². The third-order valence-electron chi connectivity index (χ3n) is 5.30. The molecular weight excluding hydrogens is 280 g/mol. The Kier molecular flexibility index (Phi) is 6.89. The van der Waals surface area contributed by atoms with E-state index in [0.29, 0.717) is 43.9 Å². The highest BCUT2D eigenvalue weighted by Crippen LogP contribution is 2.50. The summed E-state index contributed by atoms with van der Waals surface area (Å²) in [7, 11) is 0. The van der Waals surface area contributed by atoms with Crippen LogP contribution in [0.5, 0.6) is 0 Å². The van der Waals surface area contributed by atoms with E-state index in [2.05, 4.69) is 27.7 Å². The summed E-state index contributed by atoms with van der Waals surface area (Å²) in [5.74, 6) is -1.44. The standard InChI is InChI=1S/C18H32O4/c1-12(2)7-8-15-14(16(19)20)6-5-10-18(15,17(21)22)11-9-13(3)4/h12-15H,5-11H2,1-4H3,(H,19,20)(H,21,22). The Morgan fingerprint density at radius 2 is 1.68 bits per heavy atom. The van der Waals surface area contributed by atoms with E-state index < -0.39 is 23.3 Å². The summed E-state index contributed by atoms with van der Waals surface area (Å²) in [4.78, 5) is 23.8. The molecule has 1 fully saturated rings. The quantitative estimate of drug-likeness (QED) is 0.695. The maximum Gasteiger partial charge on any atom is 0.309 e. The normalized spacial score (nSPS) is 29.0. The minimum absolute atomic E-state index is 0.239. The fourth-order valence-corrected chi connectivity index (χ4v) is 3.92. The molecule has 128 valence electrons. The van der Waals surface area contributed by atoms with Crippen LogP contribution in [0.15, 0.2) is 0 Å². The van der Waals surface area contributed by atoms with E-state index in [1.165, 1.54) is 0 Å². The SMILES string of the molecule is CC(C)CCC1C(C(=O)O)CCCC1(CCC(C)C)C(=O)O. The van der Waals surface area contributed by atoms with Gasteiger partial charge in [-0.15, -0.1) is 0 Å². The van der Waals surface area contributed by atoms with Gasteiger partial charge in [0.05, 0.1) is 11.3 Å². The highest BCUT2D eigenvalue weighted by atomic mass is 16.4. The lowest BCUT2D eigenvalue weighted by Gasteiger charge is -2.45. The van der Waals surface area contributed by atoms with Gasteiger partial charge in [0.25, 0.3) is 0 Å². The summed E-state index contributed by atoms with van der Waals surface area (Å²) in [5.41, 5.74) is -0.847. The minimum Gasteiger partial charge on any atom is -0.481 e. The van der Waals surface area contributed by atoms with E-state index in [0.717, 1.165) is 12.8 Å². The minimum atomic E-state index is -0.847. The lowest BCUT2D eigenvalue weighted by atomic mass is 9.57. The first-order valence-electron chi connectivity index (χ1n) is 8.67. The Hall–Kier alpha value is -1.06. The van der Waals surface area contributed by atoms with E-state index in [1.807, 2.05) is 0 Å². The van der Waals surface area contributed by atoms with Crippen molar-refractivity contribution in [2.24, 2.45) is 29.1 Å². The molecule has 4 nitrogen and oxygen atoms in total. The van der Waals surface area contributed by atoms with Gasteiger partial charge in [-0.05, 0) is 49.9 Å². The van der Waals surface area contributed by atoms with Crippen molar-refractivity contribution in [1.82, 2.24) is 0 Å². The first kappa shape index (κ1) is 19.0. The summed E-state index contributed by atoms with van der Waals surface area (Å²) in [5, 5.41) is 19.5. The van der Waals surface area contributed by atoms with Crippen molar-refractivity contribution in [3.05, 3.63) is 0 Å². The maximum atomic E-state index is 12.1. The Balaban J connectivity index is 3.09. The van der Waals surface area contributed by atoms with Gasteiger partial charge in [0.1, 0.15) is 0 Å². The van der Waals surface area contributed by atoms with Crippen LogP contribution in [-0.2, 0) is 9.59 Å². The van der Waals surface area contributed by atoms with Crippen molar-refractivity contribution in [2.75, 3.05) is 0 Å². The second kappa shape index (κ2) is 7.98. The molecule has 0 aliphatic heterocycles. The average Bonchev–Trinajstić information content (AvgIpc) is 2.42. The third-order valence-corrected chi connectivity index (χ3v) is 5.30. The van der Waals surface area contributed by atoms with Crippen LogP contribution in [0.1, 0.15) is 72.6 Å². The molecule has 0 spiro atoms. The number of carboxylic acid groups (broad SMARTS) is 2. The second-order valence-electron chi connectivity index (χ2n) is 7.81. The van der Waals surface area contributed by atoms with Gasteiger partial charge in [0.2, 0.25) is 0 Å². The van der Waals surface area contributed by atoms with Gasteiger partial charge < -0.3 is 10.2 Å². The third kappa shape index (κ3) is 4.47. The van der Waals surface area contributed by atoms with Crippen molar-refractivity contribution >= 4 is 11.9 Å². The van der Waals surface area contributed by atoms with Gasteiger partial charge in [-0.25, -0.2) is 0 Å². The molecule has 0 amide bonds. The zero-order chi connectivity index (χ0) is 16.9. The Morgan fingerprint density at radius 1 is 1.09 bits per heavy atom. The Bertz CT molecular complexity index is 389. The molecule has 0 aromatic rings. The summed E-state index contributed by atoms with van der Waals surface area (Å²) >= 11 is 0. The second-order valence-corrected chi connectivity index (χ2v) is 7.81. The fraction of sp³-hybridized carbons (Fsp3) is 0.889. The van der Waals surface area contributed by atoms with E-state index in [4.69, 9.17) is 0 Å². The zero-order valence-electron chi connectivity index (χ0n) is 14.5. The van der Waals surface area contributed by atoms with Crippen molar-refractivity contribution in [3.63, 3.8) is 0 Å². The van der Waals surface area contributed by atoms with Crippen LogP contribution in [0.25, 0.3) is 0 Å². The van der Waals surface area contributed by atoms with Gasteiger partial charge in [0.15, 0.2) is 0 Å². The van der Waals surface area contributed by atoms with Gasteiger partial charge >= 0.3 is 11.9 Å². The number of carboxylic acids is 2. The molecule has 3 atom stereocenters. The van der Waals surface area contributed by atoms with Gasteiger partial charge in [0, 0.05) is 0 Å². The average molecular weight is 312 g/mol. The number of hydrogen-bond acceptors (Lipinski definition) is 2. The van der Waals surface area contributed by atoms with Gasteiger partial charge in [-0.1, -0.05) is 40.5 Å². The predicted octanol–water partition coefficient (Wildman–Crippen LogP) is 4.43. The summed E-state index contributed by atoms with van der Waals surface area (Å²) in [6.07, 6.45) is 5.00. The summed E-state index contributed by atoms with van der Waals surface area (Å²) in [6.45, 7) is 8.40. The summed E-state index contributed by atoms with van der Waals surface area (Å²) < 4.78 is 0. The van der Waals surface area contributed by atoms with E-state index in [-0.39, 0.29) is 5.92 Å². The highest BCUT2D eigenvalue weighted by Gasteiger charge is 2.52. The first-order valence-corrected chi connectivity index (χ1v) is 8.67. The summed E-state index contributed by atoms with van der Waals surface area (Å²) in [6, 6.07) is 0. The number of carbonyl (C=O) groups is 2. The number of hydrogen-bond donors (Lipinski definition) is 2. The molecule has 1 saturated carbocycles. The molecule has 0 saturated heterocycles. The van der Waals surface area contributed by atoms with Crippen LogP contribution in [-0.4, -0.2) is 22.2 Å². The predicted molar refractivity (Wildman–Crippen MR) is 86.7 cm³/mol. The molecule has 0 aromatic heterocycles. The van der Waals surface area contributed by atoms with Crippen molar-refractivity contribution in [2.45, 2.75) is 72.6 Å². The molecule has 0 aromatic carbocycles. The molecule has 0 heterocycles. The Labute approximate surface area is 134 Å². The molecule has 4 heteroatoms. The van der Waals surface area contributed by atoms with E-state index in [1.54, 1.807) is 0 Å². The fourth-order valence-electron chi connectivity index (χ4n) is 3.92. The largest absolute Gasteiger partial charge is 0.481 e. The van der Waals surface area contributed by atoms with Crippen LogP contribution in [0.2, 0.25) is 0 Å². The molecule has 0 radical (unpaired) electrons. The molecule has 1 aliphatic carbocycles.